The summed E-state index contributed by atoms with van der Waals surface area (Å²) < 4.78 is 17.6. The van der Waals surface area contributed by atoms with E-state index in [9.17, 15) is 9.59 Å². The van der Waals surface area contributed by atoms with Crippen LogP contribution in [0.2, 0.25) is 0 Å². The summed E-state index contributed by atoms with van der Waals surface area (Å²) in [6.45, 7) is 1.56. The number of rotatable bonds is 11. The monoisotopic (exact) mass is 515 g/mol. The van der Waals surface area contributed by atoms with E-state index in [0.717, 1.165) is 11.1 Å². The van der Waals surface area contributed by atoms with Gasteiger partial charge in [-0.1, -0.05) is 53.7 Å². The molecule has 1 aromatic heterocycles. The summed E-state index contributed by atoms with van der Waals surface area (Å²) in [6, 6.07) is 22.2. The second-order valence-corrected chi connectivity index (χ2v) is 8.40. The van der Waals surface area contributed by atoms with Crippen molar-refractivity contribution in [2.24, 2.45) is 5.16 Å². The molecule has 0 aliphatic carbocycles. The van der Waals surface area contributed by atoms with E-state index in [1.165, 1.54) is 4.57 Å². The zero-order valence-corrected chi connectivity index (χ0v) is 21.5. The van der Waals surface area contributed by atoms with Crippen molar-refractivity contribution in [3.8, 4) is 11.5 Å². The fourth-order valence-corrected chi connectivity index (χ4v) is 3.96. The molecule has 38 heavy (non-hydrogen) atoms. The molecule has 0 saturated carbocycles. The smallest absolute Gasteiger partial charge is 0.347 e. The molecule has 4 aromatic rings. The lowest BCUT2D eigenvalue weighted by Gasteiger charge is -2.15. The first-order valence-electron chi connectivity index (χ1n) is 12.1. The van der Waals surface area contributed by atoms with Crippen LogP contribution in [0.5, 0.6) is 11.5 Å². The van der Waals surface area contributed by atoms with Crippen molar-refractivity contribution in [2.45, 2.75) is 19.9 Å². The van der Waals surface area contributed by atoms with E-state index in [4.69, 9.17) is 24.0 Å². The van der Waals surface area contributed by atoms with Crippen LogP contribution in [-0.2, 0) is 27.3 Å². The molecule has 0 saturated heterocycles. The van der Waals surface area contributed by atoms with Gasteiger partial charge >= 0.3 is 5.97 Å². The Kier molecular flexibility index (Phi) is 8.71. The van der Waals surface area contributed by atoms with Crippen molar-refractivity contribution < 1.29 is 23.8 Å². The van der Waals surface area contributed by atoms with Gasteiger partial charge in [0.1, 0.15) is 12.4 Å². The number of oxime groups is 1. The third-order valence-corrected chi connectivity index (χ3v) is 5.90. The molecule has 0 unspecified atom stereocenters. The maximum absolute atomic E-state index is 13.3. The summed E-state index contributed by atoms with van der Waals surface area (Å²) in [5.41, 5.74) is 2.82. The molecule has 4 rings (SSSR count). The van der Waals surface area contributed by atoms with E-state index < -0.39 is 5.97 Å². The molecule has 0 N–H and O–H groups in total. The Bertz CT molecular complexity index is 1500. The number of nitrogens with zero attached hydrogens (tertiary/aromatic N) is 3. The first kappa shape index (κ1) is 26.4. The SMILES string of the molecule is COc1ccc(Cc2nc3ccccc3c(=O)n2CCOC(=O)CON=C(C)c2ccccc2)cc1OC. The van der Waals surface area contributed by atoms with Gasteiger partial charge in [0.05, 0.1) is 37.4 Å². The van der Waals surface area contributed by atoms with Gasteiger partial charge in [0, 0.05) is 6.42 Å². The molecule has 0 aliphatic heterocycles. The van der Waals surface area contributed by atoms with Gasteiger partial charge in [0.15, 0.2) is 11.5 Å². The predicted molar refractivity (Wildman–Crippen MR) is 144 cm³/mol. The van der Waals surface area contributed by atoms with Crippen molar-refractivity contribution >= 4 is 22.6 Å². The van der Waals surface area contributed by atoms with E-state index in [1.54, 1.807) is 45.4 Å². The van der Waals surface area contributed by atoms with Gasteiger partial charge in [-0.05, 0) is 42.3 Å². The quantitative estimate of drug-likeness (QED) is 0.169. The van der Waals surface area contributed by atoms with Crippen LogP contribution in [0, 0.1) is 0 Å². The molecule has 0 amide bonds. The van der Waals surface area contributed by atoms with E-state index in [2.05, 4.69) is 5.16 Å². The average molecular weight is 516 g/mol. The highest BCUT2D eigenvalue weighted by atomic mass is 16.7. The van der Waals surface area contributed by atoms with Crippen molar-refractivity contribution in [3.63, 3.8) is 0 Å². The minimum Gasteiger partial charge on any atom is -0.493 e. The van der Waals surface area contributed by atoms with Crippen LogP contribution in [0.4, 0.5) is 0 Å². The van der Waals surface area contributed by atoms with Crippen LogP contribution < -0.4 is 15.0 Å². The molecule has 0 spiro atoms. The third kappa shape index (κ3) is 6.36. The van der Waals surface area contributed by atoms with E-state index in [-0.39, 0.29) is 25.3 Å². The van der Waals surface area contributed by atoms with E-state index in [0.29, 0.717) is 40.4 Å². The zero-order chi connectivity index (χ0) is 26.9. The fourth-order valence-electron chi connectivity index (χ4n) is 3.96. The number of carbonyl (C=O) groups is 1. The molecule has 196 valence electrons. The van der Waals surface area contributed by atoms with Gasteiger partial charge in [-0.3, -0.25) is 9.36 Å². The average Bonchev–Trinajstić information content (AvgIpc) is 2.95. The fraction of sp³-hybridized carbons (Fsp3) is 0.241. The predicted octanol–water partition coefficient (Wildman–Crippen LogP) is 3.99. The maximum Gasteiger partial charge on any atom is 0.347 e. The summed E-state index contributed by atoms with van der Waals surface area (Å²) >= 11 is 0. The minimum atomic E-state index is -0.585. The molecule has 0 aliphatic rings. The first-order valence-corrected chi connectivity index (χ1v) is 12.1. The van der Waals surface area contributed by atoms with Gasteiger partial charge in [-0.25, -0.2) is 9.78 Å². The topological polar surface area (TPSA) is 101 Å². The van der Waals surface area contributed by atoms with Gasteiger partial charge in [-0.2, -0.15) is 0 Å². The van der Waals surface area contributed by atoms with Crippen LogP contribution in [0.15, 0.2) is 82.7 Å². The molecule has 0 radical (unpaired) electrons. The molecule has 9 heteroatoms. The molecule has 1 heterocycles. The molecule has 0 fully saturated rings. The second-order valence-electron chi connectivity index (χ2n) is 8.40. The minimum absolute atomic E-state index is 0.0254. The van der Waals surface area contributed by atoms with E-state index >= 15 is 0 Å². The van der Waals surface area contributed by atoms with Crippen LogP contribution in [0.3, 0.4) is 0 Å². The van der Waals surface area contributed by atoms with Crippen molar-refractivity contribution in [1.29, 1.82) is 0 Å². The van der Waals surface area contributed by atoms with Crippen LogP contribution in [-0.4, -0.2) is 48.7 Å². The van der Waals surface area contributed by atoms with Gasteiger partial charge in [0.2, 0.25) is 6.61 Å². The molecular weight excluding hydrogens is 486 g/mol. The number of esters is 1. The van der Waals surface area contributed by atoms with Crippen LogP contribution >= 0.6 is 0 Å². The summed E-state index contributed by atoms with van der Waals surface area (Å²) in [5, 5.41) is 4.46. The highest BCUT2D eigenvalue weighted by Crippen LogP contribution is 2.28. The van der Waals surface area contributed by atoms with Crippen molar-refractivity contribution in [1.82, 2.24) is 9.55 Å². The maximum atomic E-state index is 13.3. The number of methoxy groups -OCH3 is 2. The van der Waals surface area contributed by atoms with Gasteiger partial charge in [-0.15, -0.1) is 0 Å². The lowest BCUT2D eigenvalue weighted by atomic mass is 10.1. The number of hydrogen-bond acceptors (Lipinski definition) is 8. The van der Waals surface area contributed by atoms with E-state index in [1.807, 2.05) is 48.5 Å². The molecule has 0 atom stereocenters. The Hall–Kier alpha value is -4.66. The lowest BCUT2D eigenvalue weighted by Crippen LogP contribution is -2.28. The highest BCUT2D eigenvalue weighted by molar-refractivity contribution is 5.98. The van der Waals surface area contributed by atoms with Gasteiger partial charge < -0.3 is 19.0 Å². The Morgan fingerprint density at radius 2 is 1.68 bits per heavy atom. The second kappa shape index (κ2) is 12.5. The third-order valence-electron chi connectivity index (χ3n) is 5.90. The van der Waals surface area contributed by atoms with Crippen LogP contribution in [0.25, 0.3) is 10.9 Å². The standard InChI is InChI=1S/C29H29N3O6/c1-20(22-9-5-4-6-10-22)31-38-19-28(33)37-16-15-32-27(30-24-12-8-7-11-23(24)29(32)34)18-21-13-14-25(35-2)26(17-21)36-3/h4-14,17H,15-16,18-19H2,1-3H3. The van der Waals surface area contributed by atoms with Crippen LogP contribution in [0.1, 0.15) is 23.9 Å². The normalized spacial score (nSPS) is 11.3. The highest BCUT2D eigenvalue weighted by Gasteiger charge is 2.14. The summed E-state index contributed by atoms with van der Waals surface area (Å²) in [6.07, 6.45) is 0.366. The zero-order valence-electron chi connectivity index (χ0n) is 21.5. The van der Waals surface area contributed by atoms with Crippen molar-refractivity contribution in [3.05, 3.63) is 100 Å². The summed E-state index contributed by atoms with van der Waals surface area (Å²) in [7, 11) is 3.14. The molecule has 0 bridgehead atoms. The number of hydrogen-bond donors (Lipinski definition) is 0. The van der Waals surface area contributed by atoms with Gasteiger partial charge in [0.25, 0.3) is 5.56 Å². The number of fused-ring (bicyclic) bond motifs is 1. The Morgan fingerprint density at radius 1 is 0.947 bits per heavy atom. The number of ether oxygens (including phenoxy) is 3. The number of carbonyl (C=O) groups excluding carboxylic acids is 1. The number of benzene rings is 3. The Balaban J connectivity index is 1.46. The Labute approximate surface area is 220 Å². The van der Waals surface area contributed by atoms with Crippen molar-refractivity contribution in [2.75, 3.05) is 27.4 Å². The summed E-state index contributed by atoms with van der Waals surface area (Å²) in [4.78, 5) is 35.4. The number of para-hydroxylation sites is 1. The lowest BCUT2D eigenvalue weighted by molar-refractivity contribution is -0.149. The largest absolute Gasteiger partial charge is 0.493 e. The molecule has 9 nitrogen and oxygen atoms in total. The molecule has 3 aromatic carbocycles. The summed E-state index contributed by atoms with van der Waals surface area (Å²) in [5.74, 6) is 1.14. The molecular formula is C29H29N3O6. The Morgan fingerprint density at radius 3 is 2.45 bits per heavy atom. The number of aromatic nitrogens is 2. The first-order chi connectivity index (χ1) is 18.5.